The molecular formula is C50H34N2. The second-order valence-electron chi connectivity index (χ2n) is 13.4. The molecule has 8 aromatic carbocycles. The van der Waals surface area contributed by atoms with E-state index >= 15 is 0 Å². The van der Waals surface area contributed by atoms with Gasteiger partial charge in [0.1, 0.15) is 0 Å². The first kappa shape index (κ1) is 30.0. The second-order valence-corrected chi connectivity index (χ2v) is 13.4. The number of para-hydroxylation sites is 2. The summed E-state index contributed by atoms with van der Waals surface area (Å²) < 4.78 is 4.98. The monoisotopic (exact) mass is 662 g/mol. The summed E-state index contributed by atoms with van der Waals surface area (Å²) in [7, 11) is 0. The molecule has 2 aromatic heterocycles. The Hall–Kier alpha value is -6.90. The topological polar surface area (TPSA) is 9.86 Å². The molecule has 0 bridgehead atoms. The van der Waals surface area contributed by atoms with Crippen LogP contribution in [0.5, 0.6) is 0 Å². The molecule has 0 saturated carbocycles. The summed E-state index contributed by atoms with van der Waals surface area (Å²) in [5, 5.41) is 2.43. The van der Waals surface area contributed by atoms with Gasteiger partial charge in [0.15, 0.2) is 0 Å². The van der Waals surface area contributed by atoms with E-state index in [4.69, 9.17) is 0 Å². The lowest BCUT2D eigenvalue weighted by Crippen LogP contribution is -1.96. The molecule has 2 nitrogen and oxygen atoms in total. The summed E-state index contributed by atoms with van der Waals surface area (Å²) in [6.07, 6.45) is 0. The fourth-order valence-electron chi connectivity index (χ4n) is 7.89. The van der Waals surface area contributed by atoms with Crippen LogP contribution in [0.1, 0.15) is 0 Å². The Balaban J connectivity index is 1.31. The van der Waals surface area contributed by atoms with Crippen molar-refractivity contribution in [1.29, 1.82) is 0 Å². The zero-order chi connectivity index (χ0) is 34.4. The van der Waals surface area contributed by atoms with Gasteiger partial charge in [0.25, 0.3) is 0 Å². The number of benzene rings is 8. The van der Waals surface area contributed by atoms with Crippen molar-refractivity contribution >= 4 is 32.8 Å². The van der Waals surface area contributed by atoms with Crippen LogP contribution in [0.25, 0.3) is 88.7 Å². The molecule has 2 heteroatoms. The fourth-order valence-corrected chi connectivity index (χ4v) is 7.89. The molecule has 52 heavy (non-hydrogen) atoms. The highest BCUT2D eigenvalue weighted by atomic mass is 15.1. The number of fused-ring (bicyclic) bond motifs is 5. The van der Waals surface area contributed by atoms with Gasteiger partial charge >= 0.3 is 0 Å². The Morgan fingerprint density at radius 3 is 0.808 bits per heavy atom. The first-order chi connectivity index (χ1) is 25.8. The lowest BCUT2D eigenvalue weighted by molar-refractivity contribution is 1.17. The van der Waals surface area contributed by atoms with Gasteiger partial charge in [-0.3, -0.25) is 0 Å². The molecule has 0 aliphatic rings. The van der Waals surface area contributed by atoms with Gasteiger partial charge in [-0.05, 0) is 93.0 Å². The third-order valence-electron chi connectivity index (χ3n) is 10.3. The first-order valence-electron chi connectivity index (χ1n) is 17.9. The normalized spacial score (nSPS) is 11.5. The van der Waals surface area contributed by atoms with E-state index in [0.29, 0.717) is 0 Å². The van der Waals surface area contributed by atoms with Crippen LogP contribution >= 0.6 is 0 Å². The molecular weight excluding hydrogens is 629 g/mol. The summed E-state index contributed by atoms with van der Waals surface area (Å²) in [5.41, 5.74) is 16.6. The van der Waals surface area contributed by atoms with Crippen molar-refractivity contribution in [2.24, 2.45) is 0 Å². The van der Waals surface area contributed by atoms with Gasteiger partial charge in [-0.25, -0.2) is 0 Å². The van der Waals surface area contributed by atoms with Crippen molar-refractivity contribution in [1.82, 2.24) is 9.13 Å². The highest BCUT2D eigenvalue weighted by molar-refractivity contribution is 6.20. The molecule has 10 aromatic rings. The predicted molar refractivity (Wildman–Crippen MR) is 219 cm³/mol. The number of rotatable bonds is 6. The Kier molecular flexibility index (Phi) is 7.18. The molecule has 0 aliphatic heterocycles. The molecule has 0 fully saturated rings. The minimum absolute atomic E-state index is 1.14. The maximum atomic E-state index is 2.49. The smallest absolute Gasteiger partial charge is 0.0803 e. The van der Waals surface area contributed by atoms with Crippen LogP contribution in [-0.4, -0.2) is 9.13 Å². The average Bonchev–Trinajstić information content (AvgIpc) is 3.75. The predicted octanol–water partition coefficient (Wildman–Crippen LogP) is 13.4. The highest BCUT2D eigenvalue weighted by Gasteiger charge is 2.23. The minimum Gasteiger partial charge on any atom is -0.307 e. The number of hydrogen-bond donors (Lipinski definition) is 0. The van der Waals surface area contributed by atoms with Gasteiger partial charge in [-0.2, -0.15) is 0 Å². The Morgan fingerprint density at radius 2 is 0.500 bits per heavy atom. The van der Waals surface area contributed by atoms with Crippen LogP contribution in [-0.2, 0) is 0 Å². The van der Waals surface area contributed by atoms with Crippen molar-refractivity contribution < 1.29 is 0 Å². The van der Waals surface area contributed by atoms with Crippen LogP contribution in [0.15, 0.2) is 206 Å². The number of aromatic nitrogens is 2. The molecule has 0 unspecified atom stereocenters. The van der Waals surface area contributed by atoms with E-state index in [1.165, 1.54) is 77.3 Å². The molecule has 244 valence electrons. The maximum absolute atomic E-state index is 2.49. The van der Waals surface area contributed by atoms with Crippen molar-refractivity contribution in [2.45, 2.75) is 0 Å². The summed E-state index contributed by atoms with van der Waals surface area (Å²) >= 11 is 0. The summed E-state index contributed by atoms with van der Waals surface area (Å²) in [4.78, 5) is 0. The second kappa shape index (κ2) is 12.5. The molecule has 2 heterocycles. The van der Waals surface area contributed by atoms with Crippen molar-refractivity contribution in [2.75, 3.05) is 0 Å². The molecule has 0 N–H and O–H groups in total. The lowest BCUT2D eigenvalue weighted by atomic mass is 9.98. The van der Waals surface area contributed by atoms with E-state index in [1.54, 1.807) is 0 Å². The molecule has 0 radical (unpaired) electrons. The zero-order valence-electron chi connectivity index (χ0n) is 28.5. The van der Waals surface area contributed by atoms with E-state index in [0.717, 1.165) is 11.4 Å². The van der Waals surface area contributed by atoms with E-state index in [1.807, 2.05) is 0 Å². The van der Waals surface area contributed by atoms with Crippen LogP contribution in [0.4, 0.5) is 0 Å². The third kappa shape index (κ3) is 5.04. The summed E-state index contributed by atoms with van der Waals surface area (Å²) in [5.74, 6) is 0. The van der Waals surface area contributed by atoms with Crippen molar-refractivity contribution in [3.8, 4) is 55.9 Å². The van der Waals surface area contributed by atoms with Gasteiger partial charge in [-0.1, -0.05) is 158 Å². The Morgan fingerprint density at radius 1 is 0.231 bits per heavy atom. The Bertz CT molecular complexity index is 2550. The van der Waals surface area contributed by atoms with E-state index < -0.39 is 0 Å². The van der Waals surface area contributed by atoms with Crippen LogP contribution in [0.2, 0.25) is 0 Å². The van der Waals surface area contributed by atoms with Gasteiger partial charge in [0, 0.05) is 22.1 Å². The van der Waals surface area contributed by atoms with Crippen LogP contribution in [0.3, 0.4) is 0 Å². The molecule has 0 aliphatic carbocycles. The molecule has 0 saturated heterocycles. The van der Waals surface area contributed by atoms with Crippen molar-refractivity contribution in [3.63, 3.8) is 0 Å². The largest absolute Gasteiger partial charge is 0.307 e. The van der Waals surface area contributed by atoms with Gasteiger partial charge in [0.2, 0.25) is 0 Å². The highest BCUT2D eigenvalue weighted by Crippen LogP contribution is 2.43. The molecule has 0 spiro atoms. The first-order valence-corrected chi connectivity index (χ1v) is 17.9. The van der Waals surface area contributed by atoms with Gasteiger partial charge < -0.3 is 9.13 Å². The lowest BCUT2D eigenvalue weighted by Gasteiger charge is -2.14. The molecule has 0 atom stereocenters. The number of hydrogen-bond acceptors (Lipinski definition) is 0. The van der Waals surface area contributed by atoms with Crippen LogP contribution < -0.4 is 0 Å². The van der Waals surface area contributed by atoms with E-state index in [-0.39, 0.29) is 0 Å². The maximum Gasteiger partial charge on any atom is 0.0803 e. The fraction of sp³-hybridized carbons (Fsp3) is 0. The third-order valence-corrected chi connectivity index (χ3v) is 10.3. The summed E-state index contributed by atoms with van der Waals surface area (Å²) in [6.45, 7) is 0. The van der Waals surface area contributed by atoms with E-state index in [2.05, 4.69) is 215 Å². The zero-order valence-corrected chi connectivity index (χ0v) is 28.5. The summed E-state index contributed by atoms with van der Waals surface area (Å²) in [6, 6.07) is 74.7. The number of nitrogens with zero attached hydrogens (tertiary/aromatic N) is 2. The van der Waals surface area contributed by atoms with Gasteiger partial charge in [0.05, 0.1) is 22.1 Å². The standard InChI is InChI=1S/C50H34N2/c1-5-17-35(18-6-1)39-29-40(36-19-7-2-8-20-36)32-43(31-39)51-47-27-15-13-25-45(47)50-49(51)46-26-14-16-28-48(46)52(50)44-33-41(37-21-9-3-10-22-37)30-42(34-44)38-23-11-4-12-24-38/h1-34H. The van der Waals surface area contributed by atoms with Crippen LogP contribution in [0, 0.1) is 0 Å². The average molecular weight is 663 g/mol. The molecule has 10 rings (SSSR count). The van der Waals surface area contributed by atoms with Gasteiger partial charge in [-0.15, -0.1) is 0 Å². The quantitative estimate of drug-likeness (QED) is 0.168. The van der Waals surface area contributed by atoms with E-state index in [9.17, 15) is 0 Å². The Labute approximate surface area is 303 Å². The SMILES string of the molecule is c1ccc(-c2cc(-c3ccccc3)cc(-n3c4ccccc4c4c3c3ccccc3n4-c3cc(-c4ccccc4)cc(-c4ccccc4)c3)c2)cc1. The van der Waals surface area contributed by atoms with Crippen molar-refractivity contribution in [3.05, 3.63) is 206 Å². The minimum atomic E-state index is 1.14. The molecule has 0 amide bonds.